The summed E-state index contributed by atoms with van der Waals surface area (Å²) in [6, 6.07) is 5.16. The van der Waals surface area contributed by atoms with Crippen molar-refractivity contribution in [2.24, 2.45) is 0 Å². The van der Waals surface area contributed by atoms with Gasteiger partial charge in [0.05, 0.1) is 19.1 Å². The van der Waals surface area contributed by atoms with Gasteiger partial charge in [0.15, 0.2) is 17.1 Å². The molecule has 0 aliphatic heterocycles. The predicted octanol–water partition coefficient (Wildman–Crippen LogP) is 2.93. The van der Waals surface area contributed by atoms with Crippen molar-refractivity contribution >= 4 is 29.3 Å². The highest BCUT2D eigenvalue weighted by molar-refractivity contribution is 6.01. The van der Waals surface area contributed by atoms with Gasteiger partial charge in [0.25, 0.3) is 5.90 Å². The van der Waals surface area contributed by atoms with Crippen molar-refractivity contribution in [2.75, 3.05) is 13.7 Å². The molecule has 1 aromatic carbocycles. The molecule has 2 rings (SSSR count). The Hall–Kier alpha value is -1.88. The van der Waals surface area contributed by atoms with Crippen molar-refractivity contribution in [3.05, 3.63) is 24.0 Å². The number of halogens is 1. The average molecular weight is 272 g/mol. The smallest absolute Gasteiger partial charge is 0.254 e. The average Bonchev–Trinajstić information content (AvgIpc) is 2.67. The summed E-state index contributed by atoms with van der Waals surface area (Å²) in [5.74, 6) is 0.236. The van der Waals surface area contributed by atoms with E-state index < -0.39 is 0 Å². The van der Waals surface area contributed by atoms with Gasteiger partial charge in [-0.25, -0.2) is 0 Å². The number of hydrogen-bond acceptors (Lipinski definition) is 5. The largest absolute Gasteiger partial charge is 0.504 e. The van der Waals surface area contributed by atoms with Crippen molar-refractivity contribution in [1.82, 2.24) is 0 Å². The maximum atomic E-state index is 9.94. The van der Waals surface area contributed by atoms with Crippen LogP contribution in [-0.4, -0.2) is 24.7 Å². The van der Waals surface area contributed by atoms with E-state index in [2.05, 4.69) is 0 Å². The molecule has 1 heterocycles. The van der Waals surface area contributed by atoms with Crippen LogP contribution in [0.1, 0.15) is 12.7 Å². The van der Waals surface area contributed by atoms with Crippen LogP contribution in [0.4, 0.5) is 0 Å². The zero-order valence-corrected chi connectivity index (χ0v) is 10.8. The van der Waals surface area contributed by atoms with Crippen molar-refractivity contribution in [3.63, 3.8) is 0 Å². The number of fused-ring (bicyclic) bond motifs is 1. The van der Waals surface area contributed by atoms with Gasteiger partial charge in [0.2, 0.25) is 5.76 Å². The molecule has 0 amide bonds. The molecule has 2 aromatic rings. The molecule has 0 atom stereocenters. The number of aromatic hydroxyl groups is 1. The van der Waals surface area contributed by atoms with Gasteiger partial charge >= 0.3 is 0 Å². The third-order valence-corrected chi connectivity index (χ3v) is 2.37. The number of rotatable bonds is 3. The summed E-state index contributed by atoms with van der Waals surface area (Å²) in [4.78, 5) is 0. The summed E-state index contributed by atoms with van der Waals surface area (Å²) in [6.45, 7) is 2.10. The lowest BCUT2D eigenvalue weighted by atomic mass is 10.2. The van der Waals surface area contributed by atoms with E-state index in [1.165, 1.54) is 7.11 Å². The van der Waals surface area contributed by atoms with E-state index in [9.17, 15) is 5.11 Å². The number of methoxy groups -OCH3 is 1. The maximum Gasteiger partial charge on any atom is 0.254 e. The minimum atomic E-state index is -0.191. The third-order valence-electron chi connectivity index (χ3n) is 2.37. The maximum absolute atomic E-state index is 9.94. The molecule has 0 radical (unpaired) electrons. The number of benzene rings is 1. The first-order valence-electron chi connectivity index (χ1n) is 5.19. The molecule has 5 nitrogen and oxygen atoms in total. The fourth-order valence-electron chi connectivity index (χ4n) is 1.60. The second-order valence-electron chi connectivity index (χ2n) is 3.38. The quantitative estimate of drug-likeness (QED) is 0.665. The predicted molar refractivity (Wildman–Crippen MR) is 70.1 cm³/mol. The van der Waals surface area contributed by atoms with Crippen LogP contribution in [0, 0.1) is 5.41 Å². The van der Waals surface area contributed by atoms with Crippen LogP contribution in [-0.2, 0) is 4.74 Å². The van der Waals surface area contributed by atoms with Crippen LogP contribution in [0.3, 0.4) is 0 Å². The number of furan rings is 1. The highest BCUT2D eigenvalue weighted by Gasteiger charge is 2.20. The Bertz CT molecular complexity index is 564. The van der Waals surface area contributed by atoms with E-state index in [0.29, 0.717) is 23.3 Å². The molecule has 2 N–H and O–H groups in total. The fraction of sp³-hybridized carbons (Fsp3) is 0.250. The van der Waals surface area contributed by atoms with E-state index >= 15 is 0 Å². The van der Waals surface area contributed by atoms with Crippen molar-refractivity contribution in [1.29, 1.82) is 5.41 Å². The van der Waals surface area contributed by atoms with Gasteiger partial charge in [-0.05, 0) is 19.1 Å². The van der Waals surface area contributed by atoms with Gasteiger partial charge in [0, 0.05) is 0 Å². The number of hydrogen-bond donors (Lipinski definition) is 2. The molecule has 0 aliphatic carbocycles. The molecule has 0 unspecified atom stereocenters. The minimum absolute atomic E-state index is 0. The van der Waals surface area contributed by atoms with Crippen LogP contribution in [0.25, 0.3) is 11.0 Å². The van der Waals surface area contributed by atoms with E-state index in [0.717, 1.165) is 0 Å². The molecule has 1 aromatic heterocycles. The van der Waals surface area contributed by atoms with Crippen molar-refractivity contribution < 1.29 is 19.0 Å². The second kappa shape index (κ2) is 5.64. The molecular formula is C12H14ClNO4. The van der Waals surface area contributed by atoms with Crippen LogP contribution in [0.5, 0.6) is 11.5 Å². The molecule has 0 fully saturated rings. The molecule has 18 heavy (non-hydrogen) atoms. The lowest BCUT2D eigenvalue weighted by Crippen LogP contribution is -2.03. The van der Waals surface area contributed by atoms with Gasteiger partial charge < -0.3 is 19.0 Å². The Morgan fingerprint density at radius 3 is 2.78 bits per heavy atom. The number of para-hydroxylation sites is 1. The summed E-state index contributed by atoms with van der Waals surface area (Å²) in [5.41, 5.74) is 0.409. The van der Waals surface area contributed by atoms with E-state index in [1.54, 1.807) is 25.1 Å². The first-order chi connectivity index (χ1) is 8.19. The minimum Gasteiger partial charge on any atom is -0.504 e. The van der Waals surface area contributed by atoms with Gasteiger partial charge in [-0.2, -0.15) is 0 Å². The lowest BCUT2D eigenvalue weighted by Gasteiger charge is -2.00. The van der Waals surface area contributed by atoms with E-state index in [-0.39, 0.29) is 29.8 Å². The summed E-state index contributed by atoms with van der Waals surface area (Å²) in [6.07, 6.45) is 0. The van der Waals surface area contributed by atoms with E-state index in [1.807, 2.05) is 0 Å². The van der Waals surface area contributed by atoms with Crippen LogP contribution >= 0.6 is 12.4 Å². The number of nitrogens with one attached hydrogen (secondary N) is 1. The molecule has 98 valence electrons. The summed E-state index contributed by atoms with van der Waals surface area (Å²) < 4.78 is 15.5. The summed E-state index contributed by atoms with van der Waals surface area (Å²) in [7, 11) is 1.52. The third kappa shape index (κ3) is 2.22. The highest BCUT2D eigenvalue weighted by atomic mass is 35.5. The molecule has 0 bridgehead atoms. The van der Waals surface area contributed by atoms with Crippen LogP contribution < -0.4 is 4.74 Å². The Morgan fingerprint density at radius 2 is 2.17 bits per heavy atom. The zero-order valence-electron chi connectivity index (χ0n) is 10.0. The molecule has 0 spiro atoms. The highest BCUT2D eigenvalue weighted by Crippen LogP contribution is 2.37. The first kappa shape index (κ1) is 14.2. The number of ether oxygens (including phenoxy) is 2. The Morgan fingerprint density at radius 1 is 1.44 bits per heavy atom. The second-order valence-corrected chi connectivity index (χ2v) is 3.38. The van der Waals surface area contributed by atoms with Gasteiger partial charge in [-0.15, -0.1) is 12.4 Å². The monoisotopic (exact) mass is 271 g/mol. The first-order valence-corrected chi connectivity index (χ1v) is 5.19. The summed E-state index contributed by atoms with van der Waals surface area (Å²) in [5, 5.41) is 18.1. The van der Waals surface area contributed by atoms with Crippen molar-refractivity contribution in [3.8, 4) is 11.5 Å². The Balaban J connectivity index is 0.00000162. The summed E-state index contributed by atoms with van der Waals surface area (Å²) >= 11 is 0. The zero-order chi connectivity index (χ0) is 12.4. The lowest BCUT2D eigenvalue weighted by molar-refractivity contribution is 0.313. The molecule has 0 saturated heterocycles. The molecule has 0 saturated carbocycles. The van der Waals surface area contributed by atoms with Gasteiger partial charge in [0.1, 0.15) is 0 Å². The normalized spacial score (nSPS) is 9.89. The van der Waals surface area contributed by atoms with Crippen molar-refractivity contribution in [2.45, 2.75) is 6.92 Å². The molecular weight excluding hydrogens is 258 g/mol. The van der Waals surface area contributed by atoms with Gasteiger partial charge in [-0.1, -0.05) is 6.07 Å². The molecule has 6 heteroatoms. The Labute approximate surface area is 110 Å². The SMILES string of the molecule is CCOC(=N)c1oc2c(OC)cccc2c1O.Cl. The van der Waals surface area contributed by atoms with Crippen LogP contribution in [0.15, 0.2) is 22.6 Å². The molecule has 0 aliphatic rings. The topological polar surface area (TPSA) is 75.7 Å². The standard InChI is InChI=1S/C12H13NO4.ClH/c1-3-16-12(13)11-9(14)7-5-4-6-8(15-2)10(7)17-11;/h4-6,13-14H,3H2,1-2H3;1H. The van der Waals surface area contributed by atoms with Gasteiger partial charge in [-0.3, -0.25) is 5.41 Å². The van der Waals surface area contributed by atoms with E-state index in [4.69, 9.17) is 19.3 Å². The fourth-order valence-corrected chi connectivity index (χ4v) is 1.60. The Kier molecular flexibility index (Phi) is 4.44. The van der Waals surface area contributed by atoms with Crippen LogP contribution in [0.2, 0.25) is 0 Å².